The molecule has 0 N–H and O–H groups in total. The highest BCUT2D eigenvalue weighted by molar-refractivity contribution is 5.89. The van der Waals surface area contributed by atoms with E-state index < -0.39 is 5.54 Å². The lowest BCUT2D eigenvalue weighted by molar-refractivity contribution is -0.127. The van der Waals surface area contributed by atoms with Gasteiger partial charge in [0, 0.05) is 6.20 Å². The van der Waals surface area contributed by atoms with Gasteiger partial charge in [-0.15, -0.1) is 0 Å². The van der Waals surface area contributed by atoms with Crippen LogP contribution in [0.25, 0.3) is 0 Å². The highest BCUT2D eigenvalue weighted by Crippen LogP contribution is 2.28. The van der Waals surface area contributed by atoms with Crippen molar-refractivity contribution in [3.63, 3.8) is 0 Å². The van der Waals surface area contributed by atoms with Crippen LogP contribution in [-0.2, 0) is 11.2 Å². The van der Waals surface area contributed by atoms with Gasteiger partial charge in [-0.25, -0.2) is 0 Å². The van der Waals surface area contributed by atoms with Crippen LogP contribution in [0.4, 0.5) is 0 Å². The van der Waals surface area contributed by atoms with E-state index in [-0.39, 0.29) is 5.78 Å². The molecule has 2 rings (SSSR count). The van der Waals surface area contributed by atoms with Crippen molar-refractivity contribution in [2.24, 2.45) is 0 Å². The first-order chi connectivity index (χ1) is 8.91. The van der Waals surface area contributed by atoms with Gasteiger partial charge in [0.05, 0.1) is 23.7 Å². The van der Waals surface area contributed by atoms with Gasteiger partial charge in [-0.05, 0) is 46.9 Å². The molecule has 0 unspecified atom stereocenters. The average Bonchev–Trinajstić information content (AvgIpc) is 2.97. The fourth-order valence-electron chi connectivity index (χ4n) is 2.47. The minimum atomic E-state index is -0.433. The molecule has 1 aliphatic rings. The Morgan fingerprint density at radius 3 is 2.63 bits per heavy atom. The Hall–Kier alpha value is -1.16. The maximum atomic E-state index is 12.3. The second kappa shape index (κ2) is 5.45. The molecule has 1 saturated carbocycles. The van der Waals surface area contributed by atoms with Gasteiger partial charge in [0.1, 0.15) is 0 Å². The van der Waals surface area contributed by atoms with Crippen LogP contribution in [0.3, 0.4) is 0 Å². The molecule has 0 atom stereocenters. The number of ketones is 1. The van der Waals surface area contributed by atoms with Gasteiger partial charge in [0.2, 0.25) is 0 Å². The highest BCUT2D eigenvalue weighted by atomic mass is 16.1. The van der Waals surface area contributed by atoms with Crippen LogP contribution in [0.15, 0.2) is 12.3 Å². The molecule has 1 heterocycles. The number of rotatable bonds is 5. The monoisotopic (exact) mass is 263 g/mol. The summed E-state index contributed by atoms with van der Waals surface area (Å²) in [6, 6.07) is 2.54. The second-order valence-electron chi connectivity index (χ2n) is 6.28. The first-order valence-electron chi connectivity index (χ1n) is 7.16. The van der Waals surface area contributed by atoms with E-state index in [9.17, 15) is 4.79 Å². The van der Waals surface area contributed by atoms with Gasteiger partial charge in [0.25, 0.3) is 0 Å². The Morgan fingerprint density at radius 1 is 1.42 bits per heavy atom. The van der Waals surface area contributed by atoms with Crippen molar-refractivity contribution in [3.05, 3.63) is 18.0 Å². The summed E-state index contributed by atoms with van der Waals surface area (Å²) in [4.78, 5) is 14.3. The second-order valence-corrected chi connectivity index (χ2v) is 6.28. The lowest BCUT2D eigenvalue weighted by Crippen LogP contribution is -2.46. The van der Waals surface area contributed by atoms with Crippen LogP contribution in [0.1, 0.15) is 51.3 Å². The first kappa shape index (κ1) is 14.3. The topological polar surface area (TPSA) is 38.1 Å². The van der Waals surface area contributed by atoms with Gasteiger partial charge in [-0.2, -0.15) is 5.10 Å². The first-order valence-corrected chi connectivity index (χ1v) is 7.16. The van der Waals surface area contributed by atoms with E-state index in [2.05, 4.69) is 9.78 Å². The molecule has 4 nitrogen and oxygen atoms in total. The third kappa shape index (κ3) is 3.06. The molecule has 0 amide bonds. The summed E-state index contributed by atoms with van der Waals surface area (Å²) in [6.07, 6.45) is 7.49. The van der Waals surface area contributed by atoms with Gasteiger partial charge in [-0.1, -0.05) is 12.8 Å². The molecule has 1 aliphatic carbocycles. The van der Waals surface area contributed by atoms with E-state index in [1.165, 1.54) is 25.7 Å². The average molecular weight is 263 g/mol. The summed E-state index contributed by atoms with van der Waals surface area (Å²) in [5.74, 6) is 0.217. The standard InChI is InChI=1S/C15H25N3O/c1-15(2,17(3)4)14(19)11-12-9-10-18(16-12)13-7-5-6-8-13/h9-10,13H,5-8,11H2,1-4H3. The third-order valence-electron chi connectivity index (χ3n) is 4.50. The molecular weight excluding hydrogens is 238 g/mol. The van der Waals surface area contributed by atoms with Crippen molar-refractivity contribution < 1.29 is 4.79 Å². The summed E-state index contributed by atoms with van der Waals surface area (Å²) in [5.41, 5.74) is 0.462. The van der Waals surface area contributed by atoms with Crippen molar-refractivity contribution in [2.45, 2.75) is 57.5 Å². The van der Waals surface area contributed by atoms with Crippen molar-refractivity contribution >= 4 is 5.78 Å². The lowest BCUT2D eigenvalue weighted by Gasteiger charge is -2.30. The van der Waals surface area contributed by atoms with Crippen LogP contribution >= 0.6 is 0 Å². The largest absolute Gasteiger partial charge is 0.298 e. The quantitative estimate of drug-likeness (QED) is 0.819. The van der Waals surface area contributed by atoms with E-state index >= 15 is 0 Å². The Labute approximate surface area is 115 Å². The number of likely N-dealkylation sites (N-methyl/N-ethyl adjacent to an activating group) is 1. The van der Waals surface area contributed by atoms with E-state index in [0.29, 0.717) is 12.5 Å². The summed E-state index contributed by atoms with van der Waals surface area (Å²) in [6.45, 7) is 3.92. The maximum absolute atomic E-state index is 12.3. The van der Waals surface area contributed by atoms with Gasteiger partial charge in [-0.3, -0.25) is 14.4 Å². The Balaban J connectivity index is 2.02. The number of carbonyl (C=O) groups is 1. The molecule has 4 heteroatoms. The Kier molecular flexibility index (Phi) is 4.09. The highest BCUT2D eigenvalue weighted by Gasteiger charge is 2.30. The number of hydrogen-bond donors (Lipinski definition) is 0. The molecule has 19 heavy (non-hydrogen) atoms. The fraction of sp³-hybridized carbons (Fsp3) is 0.733. The maximum Gasteiger partial charge on any atom is 0.158 e. The molecule has 0 aliphatic heterocycles. The summed E-state index contributed by atoms with van der Waals surface area (Å²) in [5, 5.41) is 4.58. The lowest BCUT2D eigenvalue weighted by atomic mass is 9.94. The molecular formula is C15H25N3O. The molecule has 0 bridgehead atoms. The van der Waals surface area contributed by atoms with Crippen molar-refractivity contribution in [2.75, 3.05) is 14.1 Å². The fourth-order valence-corrected chi connectivity index (χ4v) is 2.47. The Bertz CT molecular complexity index is 442. The van der Waals surface area contributed by atoms with Gasteiger partial charge >= 0.3 is 0 Å². The summed E-state index contributed by atoms with van der Waals surface area (Å²) in [7, 11) is 3.88. The zero-order valence-electron chi connectivity index (χ0n) is 12.5. The van der Waals surface area contributed by atoms with Crippen molar-refractivity contribution in [1.29, 1.82) is 0 Å². The van der Waals surface area contributed by atoms with Crippen molar-refractivity contribution in [3.8, 4) is 0 Å². The third-order valence-corrected chi connectivity index (χ3v) is 4.50. The normalized spacial score (nSPS) is 17.3. The minimum absolute atomic E-state index is 0.217. The van der Waals surface area contributed by atoms with Crippen LogP contribution in [0.5, 0.6) is 0 Å². The zero-order chi connectivity index (χ0) is 14.0. The number of hydrogen-bond acceptors (Lipinski definition) is 3. The predicted molar refractivity (Wildman–Crippen MR) is 76.2 cm³/mol. The summed E-state index contributed by atoms with van der Waals surface area (Å²) >= 11 is 0. The van der Waals surface area contributed by atoms with E-state index in [4.69, 9.17) is 0 Å². The summed E-state index contributed by atoms with van der Waals surface area (Å²) < 4.78 is 2.05. The SMILES string of the molecule is CN(C)C(C)(C)C(=O)Cc1ccn(C2CCCC2)n1. The number of carbonyl (C=O) groups excluding carboxylic acids is 1. The van der Waals surface area contributed by atoms with Gasteiger partial charge < -0.3 is 0 Å². The van der Waals surface area contributed by atoms with Gasteiger partial charge in [0.15, 0.2) is 5.78 Å². The molecule has 0 spiro atoms. The van der Waals surface area contributed by atoms with Crippen molar-refractivity contribution in [1.82, 2.24) is 14.7 Å². The molecule has 106 valence electrons. The molecule has 0 radical (unpaired) electrons. The van der Waals surface area contributed by atoms with E-state index in [0.717, 1.165) is 5.69 Å². The van der Waals surface area contributed by atoms with Crippen LogP contribution < -0.4 is 0 Å². The molecule has 1 aromatic heterocycles. The molecule has 1 fully saturated rings. The molecule has 0 saturated heterocycles. The van der Waals surface area contributed by atoms with Crippen LogP contribution in [0, 0.1) is 0 Å². The smallest absolute Gasteiger partial charge is 0.158 e. The number of nitrogens with zero attached hydrogens (tertiary/aromatic N) is 3. The minimum Gasteiger partial charge on any atom is -0.298 e. The van der Waals surface area contributed by atoms with Crippen LogP contribution in [-0.4, -0.2) is 40.1 Å². The molecule has 0 aromatic carbocycles. The number of Topliss-reactive ketones (excluding diaryl/α,β-unsaturated/α-hetero) is 1. The Morgan fingerprint density at radius 2 is 2.05 bits per heavy atom. The van der Waals surface area contributed by atoms with Crippen LogP contribution in [0.2, 0.25) is 0 Å². The predicted octanol–water partition coefficient (Wildman–Crippen LogP) is 2.45. The number of aromatic nitrogens is 2. The zero-order valence-corrected chi connectivity index (χ0v) is 12.5. The van der Waals surface area contributed by atoms with E-state index in [1.807, 2.05) is 45.1 Å². The molecule has 1 aromatic rings. The van der Waals surface area contributed by atoms with E-state index in [1.54, 1.807) is 0 Å².